The van der Waals surface area contributed by atoms with Gasteiger partial charge >= 0.3 is 0 Å². The SMILES string of the molecule is CSc1ccno1. The van der Waals surface area contributed by atoms with E-state index in [1.54, 1.807) is 18.0 Å². The van der Waals surface area contributed by atoms with Crippen LogP contribution < -0.4 is 0 Å². The minimum atomic E-state index is 0.861. The molecule has 0 radical (unpaired) electrons. The van der Waals surface area contributed by atoms with Gasteiger partial charge < -0.3 is 4.52 Å². The molecular formula is C4H5NOS. The van der Waals surface area contributed by atoms with E-state index < -0.39 is 0 Å². The zero-order valence-corrected chi connectivity index (χ0v) is 4.73. The molecule has 2 nitrogen and oxygen atoms in total. The van der Waals surface area contributed by atoms with Crippen LogP contribution in [0.15, 0.2) is 21.9 Å². The van der Waals surface area contributed by atoms with Gasteiger partial charge in [-0.25, -0.2) is 0 Å². The van der Waals surface area contributed by atoms with E-state index in [0.29, 0.717) is 0 Å². The third-order valence-corrected chi connectivity index (χ3v) is 1.23. The van der Waals surface area contributed by atoms with Crippen LogP contribution in [0.4, 0.5) is 0 Å². The topological polar surface area (TPSA) is 26.0 Å². The number of rotatable bonds is 1. The fraction of sp³-hybridized carbons (Fsp3) is 0.250. The quantitative estimate of drug-likeness (QED) is 0.517. The fourth-order valence-corrected chi connectivity index (χ4v) is 0.624. The lowest BCUT2D eigenvalue weighted by Gasteiger charge is -1.76. The molecular weight excluding hydrogens is 110 g/mol. The van der Waals surface area contributed by atoms with Crippen molar-refractivity contribution in [3.05, 3.63) is 12.3 Å². The molecule has 1 aromatic heterocycles. The average Bonchev–Trinajstić information content (AvgIpc) is 2.14. The number of hydrogen-bond donors (Lipinski definition) is 0. The Labute approximate surface area is 45.9 Å². The maximum atomic E-state index is 4.70. The summed E-state index contributed by atoms with van der Waals surface area (Å²) in [6, 6.07) is 1.82. The van der Waals surface area contributed by atoms with Gasteiger partial charge in [0.05, 0.1) is 6.20 Å². The third kappa shape index (κ3) is 0.962. The predicted octanol–water partition coefficient (Wildman–Crippen LogP) is 1.40. The number of nitrogens with zero attached hydrogens (tertiary/aromatic N) is 1. The molecule has 0 amide bonds. The molecule has 0 saturated carbocycles. The summed E-state index contributed by atoms with van der Waals surface area (Å²) in [7, 11) is 0. The summed E-state index contributed by atoms with van der Waals surface area (Å²) in [5.41, 5.74) is 0. The molecule has 0 unspecified atom stereocenters. The van der Waals surface area contributed by atoms with E-state index >= 15 is 0 Å². The maximum absolute atomic E-state index is 4.70. The van der Waals surface area contributed by atoms with Crippen molar-refractivity contribution in [3.8, 4) is 0 Å². The van der Waals surface area contributed by atoms with E-state index in [1.807, 2.05) is 12.3 Å². The van der Waals surface area contributed by atoms with Crippen molar-refractivity contribution in [1.29, 1.82) is 0 Å². The Bertz CT molecular complexity index is 126. The van der Waals surface area contributed by atoms with E-state index in [9.17, 15) is 0 Å². The summed E-state index contributed by atoms with van der Waals surface area (Å²) in [6.07, 6.45) is 3.58. The molecule has 1 rings (SSSR count). The molecule has 0 aliphatic carbocycles. The van der Waals surface area contributed by atoms with Crippen molar-refractivity contribution in [2.75, 3.05) is 6.26 Å². The minimum Gasteiger partial charge on any atom is -0.350 e. The van der Waals surface area contributed by atoms with Crippen LogP contribution in [0.5, 0.6) is 0 Å². The molecule has 0 aromatic carbocycles. The van der Waals surface area contributed by atoms with Crippen LogP contribution >= 0.6 is 11.8 Å². The summed E-state index contributed by atoms with van der Waals surface area (Å²) in [5.74, 6) is 0. The second kappa shape index (κ2) is 2.02. The third-order valence-electron chi connectivity index (χ3n) is 0.615. The lowest BCUT2D eigenvalue weighted by Crippen LogP contribution is -1.52. The van der Waals surface area contributed by atoms with E-state index in [0.717, 1.165) is 5.09 Å². The second-order valence-electron chi connectivity index (χ2n) is 1.04. The second-order valence-corrected chi connectivity index (χ2v) is 1.85. The van der Waals surface area contributed by atoms with Crippen LogP contribution in [-0.2, 0) is 0 Å². The zero-order chi connectivity index (χ0) is 5.11. The van der Waals surface area contributed by atoms with Crippen molar-refractivity contribution in [2.24, 2.45) is 0 Å². The summed E-state index contributed by atoms with van der Waals surface area (Å²) in [5, 5.41) is 4.36. The molecule has 0 spiro atoms. The molecule has 0 aliphatic heterocycles. The van der Waals surface area contributed by atoms with Crippen molar-refractivity contribution >= 4 is 11.8 Å². The Hall–Kier alpha value is -0.440. The van der Waals surface area contributed by atoms with Gasteiger partial charge in [0.15, 0.2) is 5.09 Å². The average molecular weight is 115 g/mol. The summed E-state index contributed by atoms with van der Waals surface area (Å²) in [6.45, 7) is 0. The van der Waals surface area contributed by atoms with Gasteiger partial charge in [-0.15, -0.1) is 0 Å². The Morgan fingerprint density at radius 3 is 3.00 bits per heavy atom. The van der Waals surface area contributed by atoms with Crippen molar-refractivity contribution in [2.45, 2.75) is 5.09 Å². The fourth-order valence-electron chi connectivity index (χ4n) is 0.309. The van der Waals surface area contributed by atoms with Crippen LogP contribution in [0.2, 0.25) is 0 Å². The van der Waals surface area contributed by atoms with Crippen LogP contribution in [0.1, 0.15) is 0 Å². The molecule has 0 N–H and O–H groups in total. The summed E-state index contributed by atoms with van der Waals surface area (Å²) >= 11 is 1.55. The van der Waals surface area contributed by atoms with E-state index in [4.69, 9.17) is 4.52 Å². The molecule has 0 fully saturated rings. The molecule has 0 aliphatic rings. The summed E-state index contributed by atoms with van der Waals surface area (Å²) < 4.78 is 4.70. The minimum absolute atomic E-state index is 0.861. The van der Waals surface area contributed by atoms with Crippen molar-refractivity contribution in [3.63, 3.8) is 0 Å². The first-order valence-electron chi connectivity index (χ1n) is 1.88. The number of aromatic nitrogens is 1. The van der Waals surface area contributed by atoms with Gasteiger partial charge in [0, 0.05) is 6.07 Å². The smallest absolute Gasteiger partial charge is 0.192 e. The number of hydrogen-bond acceptors (Lipinski definition) is 3. The lowest BCUT2D eigenvalue weighted by molar-refractivity contribution is 0.350. The molecule has 1 heterocycles. The Morgan fingerprint density at radius 2 is 2.71 bits per heavy atom. The van der Waals surface area contributed by atoms with Crippen LogP contribution in [-0.4, -0.2) is 11.4 Å². The van der Waals surface area contributed by atoms with E-state index in [1.165, 1.54) is 0 Å². The van der Waals surface area contributed by atoms with E-state index in [2.05, 4.69) is 5.16 Å². The Balaban J connectivity index is 2.76. The molecule has 1 aromatic rings. The molecule has 38 valence electrons. The molecule has 0 saturated heterocycles. The first-order valence-corrected chi connectivity index (χ1v) is 3.10. The highest BCUT2D eigenvalue weighted by Crippen LogP contribution is 2.10. The van der Waals surface area contributed by atoms with Crippen LogP contribution in [0.3, 0.4) is 0 Å². The Morgan fingerprint density at radius 1 is 1.86 bits per heavy atom. The van der Waals surface area contributed by atoms with Gasteiger partial charge in [-0.2, -0.15) is 0 Å². The van der Waals surface area contributed by atoms with Gasteiger partial charge in [-0.3, -0.25) is 0 Å². The van der Waals surface area contributed by atoms with Crippen LogP contribution in [0, 0.1) is 0 Å². The predicted molar refractivity (Wildman–Crippen MR) is 28.3 cm³/mol. The van der Waals surface area contributed by atoms with Gasteiger partial charge in [-0.1, -0.05) is 16.9 Å². The van der Waals surface area contributed by atoms with Gasteiger partial charge in [0.2, 0.25) is 0 Å². The monoisotopic (exact) mass is 115 g/mol. The Kier molecular flexibility index (Phi) is 1.36. The maximum Gasteiger partial charge on any atom is 0.192 e. The van der Waals surface area contributed by atoms with E-state index in [-0.39, 0.29) is 0 Å². The lowest BCUT2D eigenvalue weighted by atomic mass is 10.8. The molecule has 7 heavy (non-hydrogen) atoms. The normalized spacial score (nSPS) is 9.29. The highest BCUT2D eigenvalue weighted by atomic mass is 32.2. The van der Waals surface area contributed by atoms with Crippen LogP contribution in [0.25, 0.3) is 0 Å². The standard InChI is InChI=1S/C4H5NOS/c1-7-4-2-3-5-6-4/h2-3H,1H3. The molecule has 0 bridgehead atoms. The van der Waals surface area contributed by atoms with Crippen molar-refractivity contribution < 1.29 is 4.52 Å². The van der Waals surface area contributed by atoms with Crippen molar-refractivity contribution in [1.82, 2.24) is 5.16 Å². The molecule has 3 heteroatoms. The van der Waals surface area contributed by atoms with Gasteiger partial charge in [0.25, 0.3) is 0 Å². The van der Waals surface area contributed by atoms with Gasteiger partial charge in [0.1, 0.15) is 0 Å². The zero-order valence-electron chi connectivity index (χ0n) is 3.92. The van der Waals surface area contributed by atoms with Gasteiger partial charge in [-0.05, 0) is 6.26 Å². The summed E-state index contributed by atoms with van der Waals surface area (Å²) in [4.78, 5) is 0. The largest absolute Gasteiger partial charge is 0.350 e. The first kappa shape index (κ1) is 4.71. The first-order chi connectivity index (χ1) is 3.43. The highest BCUT2D eigenvalue weighted by Gasteiger charge is 1.87. The molecule has 0 atom stereocenters. The number of thioether (sulfide) groups is 1. The highest BCUT2D eigenvalue weighted by molar-refractivity contribution is 7.98.